The van der Waals surface area contributed by atoms with Crippen LogP contribution in [0.1, 0.15) is 33.6 Å². The highest BCUT2D eigenvalue weighted by molar-refractivity contribution is 7.28. The lowest BCUT2D eigenvalue weighted by Crippen LogP contribution is -2.44. The van der Waals surface area contributed by atoms with Crippen LogP contribution in [-0.4, -0.2) is 18.3 Å². The van der Waals surface area contributed by atoms with Crippen molar-refractivity contribution in [1.82, 2.24) is 0 Å². The normalized spacial score (nSPS) is 23.4. The molecule has 1 aromatic carbocycles. The van der Waals surface area contributed by atoms with Crippen molar-refractivity contribution in [2.45, 2.75) is 44.8 Å². The van der Waals surface area contributed by atoms with Crippen LogP contribution in [0.3, 0.4) is 0 Å². The maximum absolute atomic E-state index is 12.3. The van der Waals surface area contributed by atoms with Crippen molar-refractivity contribution >= 4 is 33.3 Å². The Morgan fingerprint density at radius 2 is 1.96 bits per heavy atom. The Balaban J connectivity index is 1.82. The zero-order chi connectivity index (χ0) is 16.7. The molecular formula is C17H19BF2O2S. The molecule has 0 bridgehead atoms. The second-order valence-corrected chi connectivity index (χ2v) is 7.64. The maximum Gasteiger partial charge on any atom is 0.505 e. The van der Waals surface area contributed by atoms with Gasteiger partial charge in [-0.15, -0.1) is 11.3 Å². The molecule has 0 saturated carbocycles. The number of thiophene rings is 1. The fraction of sp³-hybridized carbons (Fsp3) is 0.412. The summed E-state index contributed by atoms with van der Waals surface area (Å²) in [5.74, 6) is 0. The fourth-order valence-electron chi connectivity index (χ4n) is 2.85. The molecule has 122 valence electrons. The summed E-state index contributed by atoms with van der Waals surface area (Å²) in [5.41, 5.74) is -1.16. The van der Waals surface area contributed by atoms with E-state index in [1.54, 1.807) is 11.3 Å². The van der Waals surface area contributed by atoms with Gasteiger partial charge in [-0.2, -0.15) is 8.78 Å². The van der Waals surface area contributed by atoms with Gasteiger partial charge in [-0.05, 0) is 57.2 Å². The van der Waals surface area contributed by atoms with E-state index in [9.17, 15) is 8.78 Å². The Labute approximate surface area is 139 Å². The van der Waals surface area contributed by atoms with Crippen LogP contribution in [0.2, 0.25) is 0 Å². The lowest BCUT2D eigenvalue weighted by Gasteiger charge is -2.36. The number of hydrogen-bond acceptors (Lipinski definition) is 3. The van der Waals surface area contributed by atoms with E-state index in [0.717, 1.165) is 16.2 Å². The van der Waals surface area contributed by atoms with Crippen molar-refractivity contribution in [3.8, 4) is 0 Å². The van der Waals surface area contributed by atoms with Gasteiger partial charge in [0, 0.05) is 9.48 Å². The molecule has 0 radical (unpaired) electrons. The third-order valence-corrected chi connectivity index (χ3v) is 5.78. The predicted octanol–water partition coefficient (Wildman–Crippen LogP) is 4.74. The summed E-state index contributed by atoms with van der Waals surface area (Å²) < 4.78 is 39.0. The zero-order valence-corrected chi connectivity index (χ0v) is 14.3. The largest absolute Gasteiger partial charge is 0.505 e. The summed E-state index contributed by atoms with van der Waals surface area (Å²) in [6.07, 6.45) is 0.0485. The summed E-state index contributed by atoms with van der Waals surface area (Å²) in [7, 11) is -0.452. The van der Waals surface area contributed by atoms with E-state index in [4.69, 9.17) is 9.31 Å². The van der Waals surface area contributed by atoms with Crippen molar-refractivity contribution in [3.63, 3.8) is 0 Å². The summed E-state index contributed by atoms with van der Waals surface area (Å²) in [4.78, 5) is 0. The standard InChI is InChI=1S/C17H19BF2O2S/c1-16(2)17(3,10-6-9-15(19)20)22-18(21-16)14-11-12-7-4-5-8-13(12)23-14/h4-5,7-9,11H,6,10H2,1-3H3. The summed E-state index contributed by atoms with van der Waals surface area (Å²) in [6.45, 7) is 5.84. The molecule has 2 aromatic rings. The van der Waals surface area contributed by atoms with Crippen molar-refractivity contribution in [2.75, 3.05) is 0 Å². The van der Waals surface area contributed by atoms with Gasteiger partial charge in [-0.1, -0.05) is 18.2 Å². The van der Waals surface area contributed by atoms with E-state index in [2.05, 4.69) is 18.2 Å². The van der Waals surface area contributed by atoms with Crippen LogP contribution in [0.5, 0.6) is 0 Å². The topological polar surface area (TPSA) is 18.5 Å². The highest BCUT2D eigenvalue weighted by atomic mass is 32.1. The number of benzene rings is 1. The van der Waals surface area contributed by atoms with Gasteiger partial charge in [0.25, 0.3) is 6.08 Å². The van der Waals surface area contributed by atoms with E-state index in [0.29, 0.717) is 6.42 Å². The first-order chi connectivity index (χ1) is 10.8. The third kappa shape index (κ3) is 3.20. The number of hydrogen-bond donors (Lipinski definition) is 0. The number of halogens is 2. The monoisotopic (exact) mass is 336 g/mol. The summed E-state index contributed by atoms with van der Waals surface area (Å²) >= 11 is 1.64. The molecule has 1 aliphatic heterocycles. The first-order valence-corrected chi connectivity index (χ1v) is 8.48. The maximum atomic E-state index is 12.3. The van der Waals surface area contributed by atoms with Crippen molar-refractivity contribution in [3.05, 3.63) is 42.5 Å². The van der Waals surface area contributed by atoms with Gasteiger partial charge in [-0.25, -0.2) is 0 Å². The minimum Gasteiger partial charge on any atom is -0.399 e. The number of rotatable bonds is 4. The smallest absolute Gasteiger partial charge is 0.399 e. The Morgan fingerprint density at radius 3 is 2.65 bits per heavy atom. The summed E-state index contributed by atoms with van der Waals surface area (Å²) in [5, 5.41) is 1.16. The second-order valence-electron chi connectivity index (χ2n) is 6.53. The zero-order valence-electron chi connectivity index (χ0n) is 13.4. The van der Waals surface area contributed by atoms with E-state index < -0.39 is 24.4 Å². The second kappa shape index (κ2) is 6.00. The number of fused-ring (bicyclic) bond motifs is 1. The average Bonchev–Trinajstić information content (AvgIpc) is 2.98. The highest BCUT2D eigenvalue weighted by Crippen LogP contribution is 2.41. The van der Waals surface area contributed by atoms with Gasteiger partial charge in [0.05, 0.1) is 11.2 Å². The van der Waals surface area contributed by atoms with E-state index in [-0.39, 0.29) is 6.42 Å². The Hall–Kier alpha value is -1.24. The SMILES string of the molecule is CC1(C)OB(c2cc3ccccc3s2)OC1(C)CCC=C(F)F. The lowest BCUT2D eigenvalue weighted by atomic mass is 9.84. The van der Waals surface area contributed by atoms with Crippen LogP contribution in [0.4, 0.5) is 8.78 Å². The first-order valence-electron chi connectivity index (χ1n) is 7.66. The van der Waals surface area contributed by atoms with Crippen LogP contribution in [0, 0.1) is 0 Å². The van der Waals surface area contributed by atoms with Gasteiger partial charge >= 0.3 is 7.12 Å². The molecule has 1 unspecified atom stereocenters. The Morgan fingerprint density at radius 1 is 1.22 bits per heavy atom. The minimum absolute atomic E-state index is 0.269. The first kappa shape index (κ1) is 16.6. The molecule has 0 aliphatic carbocycles. The fourth-order valence-corrected chi connectivity index (χ4v) is 3.87. The predicted molar refractivity (Wildman–Crippen MR) is 91.4 cm³/mol. The van der Waals surface area contributed by atoms with Gasteiger partial charge in [0.2, 0.25) is 0 Å². The van der Waals surface area contributed by atoms with Crippen LogP contribution in [0.25, 0.3) is 10.1 Å². The van der Waals surface area contributed by atoms with E-state index >= 15 is 0 Å². The molecule has 0 amide bonds. The van der Waals surface area contributed by atoms with Crippen LogP contribution >= 0.6 is 11.3 Å². The highest BCUT2D eigenvalue weighted by Gasteiger charge is 2.54. The lowest BCUT2D eigenvalue weighted by molar-refractivity contribution is -0.0149. The molecule has 23 heavy (non-hydrogen) atoms. The molecule has 2 nitrogen and oxygen atoms in total. The van der Waals surface area contributed by atoms with Gasteiger partial charge in [-0.3, -0.25) is 0 Å². The van der Waals surface area contributed by atoms with Gasteiger partial charge in [0.1, 0.15) is 0 Å². The molecule has 0 spiro atoms. The van der Waals surface area contributed by atoms with Gasteiger partial charge in [0.15, 0.2) is 0 Å². The Bertz CT molecular complexity index is 706. The van der Waals surface area contributed by atoms with Crippen molar-refractivity contribution < 1.29 is 18.1 Å². The molecule has 3 rings (SSSR count). The van der Waals surface area contributed by atoms with Crippen LogP contribution in [0.15, 0.2) is 42.5 Å². The van der Waals surface area contributed by atoms with Crippen molar-refractivity contribution in [2.24, 2.45) is 0 Å². The molecule has 0 N–H and O–H groups in total. The van der Waals surface area contributed by atoms with Crippen LogP contribution in [-0.2, 0) is 9.31 Å². The molecule has 1 atom stereocenters. The quantitative estimate of drug-likeness (QED) is 0.751. The minimum atomic E-state index is -1.65. The van der Waals surface area contributed by atoms with E-state index in [1.165, 1.54) is 4.70 Å². The Kier molecular flexibility index (Phi) is 4.34. The molecule has 1 aliphatic rings. The summed E-state index contributed by atoms with van der Waals surface area (Å²) in [6, 6.07) is 10.2. The molecule has 2 heterocycles. The number of allylic oxidation sites excluding steroid dienone is 1. The molecule has 1 aromatic heterocycles. The molecule has 6 heteroatoms. The molecular weight excluding hydrogens is 317 g/mol. The molecule has 1 fully saturated rings. The van der Waals surface area contributed by atoms with Crippen LogP contribution < -0.4 is 4.78 Å². The average molecular weight is 336 g/mol. The van der Waals surface area contributed by atoms with Crippen molar-refractivity contribution in [1.29, 1.82) is 0 Å². The third-order valence-electron chi connectivity index (χ3n) is 4.64. The van der Waals surface area contributed by atoms with Gasteiger partial charge < -0.3 is 9.31 Å². The molecule has 1 saturated heterocycles. The van der Waals surface area contributed by atoms with E-state index in [1.807, 2.05) is 32.9 Å².